The molecule has 37 heavy (non-hydrogen) atoms. The highest BCUT2D eigenvalue weighted by Gasteiger charge is 2.33. The van der Waals surface area contributed by atoms with Gasteiger partial charge in [0.05, 0.1) is 39.3 Å². The van der Waals surface area contributed by atoms with E-state index >= 15 is 0 Å². The number of aromatic nitrogens is 3. The van der Waals surface area contributed by atoms with Crippen molar-refractivity contribution in [1.82, 2.24) is 14.3 Å². The number of thiophene rings is 1. The van der Waals surface area contributed by atoms with Crippen molar-refractivity contribution in [3.63, 3.8) is 0 Å². The van der Waals surface area contributed by atoms with E-state index in [9.17, 15) is 22.4 Å². The van der Waals surface area contributed by atoms with E-state index in [-0.39, 0.29) is 31.5 Å². The molecule has 0 aliphatic carbocycles. The molecule has 4 aromatic rings. The Morgan fingerprint density at radius 2 is 1.62 bits per heavy atom. The molecule has 5 rings (SSSR count). The number of hydrogen-bond acceptors (Lipinski definition) is 5. The predicted octanol–water partition coefficient (Wildman–Crippen LogP) is 6.08. The van der Waals surface area contributed by atoms with E-state index in [1.54, 1.807) is 36.4 Å². The quantitative estimate of drug-likeness (QED) is 0.263. The Hall–Kier alpha value is -3.57. The Morgan fingerprint density at radius 3 is 2.32 bits per heavy atom. The molecule has 0 bridgehead atoms. The van der Waals surface area contributed by atoms with Gasteiger partial charge < -0.3 is 0 Å². The number of hydrogen-bond donors (Lipinski definition) is 0. The highest BCUT2D eigenvalue weighted by Crippen LogP contribution is 2.33. The normalized spacial score (nSPS) is 13.6. The van der Waals surface area contributed by atoms with Crippen LogP contribution in [0.15, 0.2) is 75.7 Å². The average molecular weight is 548 g/mol. The van der Waals surface area contributed by atoms with Gasteiger partial charge in [-0.3, -0.25) is 4.57 Å². The van der Waals surface area contributed by atoms with Gasteiger partial charge in [0, 0.05) is 18.4 Å². The van der Waals surface area contributed by atoms with E-state index in [0.29, 0.717) is 32.0 Å². The van der Waals surface area contributed by atoms with E-state index in [0.717, 1.165) is 6.07 Å². The van der Waals surface area contributed by atoms with Crippen LogP contribution in [0.25, 0.3) is 10.7 Å². The van der Waals surface area contributed by atoms with Crippen LogP contribution in [0.2, 0.25) is 4.34 Å². The van der Waals surface area contributed by atoms with E-state index < -0.39 is 23.2 Å². The van der Waals surface area contributed by atoms with Crippen molar-refractivity contribution in [2.75, 3.05) is 0 Å². The zero-order valence-electron chi connectivity index (χ0n) is 19.0. The summed E-state index contributed by atoms with van der Waals surface area (Å²) in [4.78, 5) is 13.9. The Morgan fingerprint density at radius 1 is 0.919 bits per heavy atom. The maximum Gasteiger partial charge on any atom is 0.416 e. The van der Waals surface area contributed by atoms with Gasteiger partial charge in [-0.1, -0.05) is 48.0 Å². The Bertz CT molecular complexity index is 1580. The maximum atomic E-state index is 14.3. The second-order valence-corrected chi connectivity index (χ2v) is 10.1. The van der Waals surface area contributed by atoms with Crippen LogP contribution in [0, 0.1) is 5.82 Å². The molecule has 2 aromatic heterocycles. The average Bonchev–Trinajstić information content (AvgIpc) is 3.56. The van der Waals surface area contributed by atoms with Gasteiger partial charge in [0.2, 0.25) is 0 Å². The lowest BCUT2D eigenvalue weighted by Gasteiger charge is -2.12. The zero-order valence-corrected chi connectivity index (χ0v) is 20.6. The fourth-order valence-electron chi connectivity index (χ4n) is 4.08. The number of benzene rings is 2. The predicted molar refractivity (Wildman–Crippen MR) is 135 cm³/mol. The third kappa shape index (κ3) is 5.42. The molecule has 2 aromatic carbocycles. The highest BCUT2D eigenvalue weighted by molar-refractivity contribution is 7.19. The van der Waals surface area contributed by atoms with Crippen LogP contribution in [0.4, 0.5) is 17.6 Å². The van der Waals surface area contributed by atoms with Crippen LogP contribution in [0.5, 0.6) is 0 Å². The summed E-state index contributed by atoms with van der Waals surface area (Å²) in [6, 6.07) is 14.9. The fraction of sp³-hybridized carbons (Fsp3) is 0.200. The van der Waals surface area contributed by atoms with Gasteiger partial charge in [-0.05, 0) is 29.8 Å². The first-order valence-electron chi connectivity index (χ1n) is 11.1. The van der Waals surface area contributed by atoms with E-state index in [2.05, 4.69) is 15.3 Å². The Kier molecular flexibility index (Phi) is 6.82. The lowest BCUT2D eigenvalue weighted by atomic mass is 9.99. The molecule has 0 N–H and O–H groups in total. The van der Waals surface area contributed by atoms with Crippen molar-refractivity contribution >= 4 is 34.4 Å². The van der Waals surface area contributed by atoms with Gasteiger partial charge >= 0.3 is 11.9 Å². The van der Waals surface area contributed by atoms with Crippen molar-refractivity contribution in [1.29, 1.82) is 0 Å². The molecule has 6 nitrogen and oxygen atoms in total. The van der Waals surface area contributed by atoms with Crippen LogP contribution in [-0.2, 0) is 25.7 Å². The molecule has 0 saturated heterocycles. The van der Waals surface area contributed by atoms with E-state index in [1.165, 1.54) is 38.8 Å². The summed E-state index contributed by atoms with van der Waals surface area (Å²) in [6.45, 7) is -0.0536. The minimum Gasteiger partial charge on any atom is -0.270 e. The lowest BCUT2D eigenvalue weighted by molar-refractivity contribution is -0.138. The molecule has 0 atom stereocenters. The number of alkyl halides is 3. The first kappa shape index (κ1) is 25.1. The monoisotopic (exact) mass is 547 g/mol. The maximum absolute atomic E-state index is 14.3. The molecule has 0 fully saturated rings. The van der Waals surface area contributed by atoms with Crippen LogP contribution < -0.4 is 5.69 Å². The Labute approximate surface area is 217 Å². The van der Waals surface area contributed by atoms with E-state index in [4.69, 9.17) is 11.6 Å². The van der Waals surface area contributed by atoms with Crippen LogP contribution in [0.3, 0.4) is 0 Å². The third-order valence-electron chi connectivity index (χ3n) is 5.79. The summed E-state index contributed by atoms with van der Waals surface area (Å²) in [5.74, 6) is -0.126. The summed E-state index contributed by atoms with van der Waals surface area (Å²) in [6.07, 6.45) is -4.28. The molecule has 0 unspecified atom stereocenters. The molecule has 1 aliphatic heterocycles. The standard InChI is InChI=1S/C25H18ClF4N5OS/c26-22-10-9-21(37-22)23-33-35(24(36)34(23)13-16-6-2-4-8-20(16)27)14-18-12-17(31-32-18)11-15-5-1-3-7-19(15)25(28,29)30/h1-10H,11-14H2. The summed E-state index contributed by atoms with van der Waals surface area (Å²) in [5, 5.41) is 12.6. The second kappa shape index (κ2) is 10.1. The first-order valence-corrected chi connectivity index (χ1v) is 12.3. The van der Waals surface area contributed by atoms with Gasteiger partial charge in [-0.25, -0.2) is 13.9 Å². The number of halogens is 5. The Balaban J connectivity index is 1.38. The molecule has 0 saturated carbocycles. The van der Waals surface area contributed by atoms with Crippen LogP contribution in [0.1, 0.15) is 23.1 Å². The minimum atomic E-state index is -4.47. The molecule has 0 amide bonds. The third-order valence-corrected chi connectivity index (χ3v) is 7.02. The zero-order chi connectivity index (χ0) is 26.2. The van der Waals surface area contributed by atoms with Gasteiger partial charge in [-0.15, -0.1) is 16.4 Å². The molecule has 0 radical (unpaired) electrons. The fourth-order valence-corrected chi connectivity index (χ4v) is 5.11. The van der Waals surface area contributed by atoms with Crippen molar-refractivity contribution in [2.24, 2.45) is 10.2 Å². The van der Waals surface area contributed by atoms with Crippen molar-refractivity contribution in [3.8, 4) is 10.7 Å². The number of rotatable bonds is 7. The molecular weight excluding hydrogens is 530 g/mol. The molecule has 1 aliphatic rings. The van der Waals surface area contributed by atoms with Gasteiger partial charge in [-0.2, -0.15) is 23.4 Å². The van der Waals surface area contributed by atoms with Crippen molar-refractivity contribution < 1.29 is 17.6 Å². The topological polar surface area (TPSA) is 64.5 Å². The number of nitrogens with zero attached hydrogens (tertiary/aromatic N) is 5. The molecule has 3 heterocycles. The molecule has 0 spiro atoms. The molecule has 190 valence electrons. The summed E-state index contributed by atoms with van der Waals surface area (Å²) in [5.41, 5.74) is 0.159. The summed E-state index contributed by atoms with van der Waals surface area (Å²) in [7, 11) is 0. The summed E-state index contributed by atoms with van der Waals surface area (Å²) < 4.78 is 57.4. The smallest absolute Gasteiger partial charge is 0.270 e. The van der Waals surface area contributed by atoms with Gasteiger partial charge in [0.1, 0.15) is 5.82 Å². The highest BCUT2D eigenvalue weighted by atomic mass is 35.5. The summed E-state index contributed by atoms with van der Waals surface area (Å²) >= 11 is 7.32. The van der Waals surface area contributed by atoms with Crippen molar-refractivity contribution in [2.45, 2.75) is 32.1 Å². The first-order chi connectivity index (χ1) is 17.7. The van der Waals surface area contributed by atoms with Gasteiger partial charge in [0.15, 0.2) is 5.82 Å². The van der Waals surface area contributed by atoms with Crippen LogP contribution >= 0.6 is 22.9 Å². The lowest BCUT2D eigenvalue weighted by Crippen LogP contribution is -2.28. The minimum absolute atomic E-state index is 0.0108. The molecular formula is C25H18ClF4N5OS. The second-order valence-electron chi connectivity index (χ2n) is 8.39. The van der Waals surface area contributed by atoms with Crippen molar-refractivity contribution in [3.05, 3.63) is 98.0 Å². The van der Waals surface area contributed by atoms with Crippen LogP contribution in [-0.4, -0.2) is 25.8 Å². The largest absolute Gasteiger partial charge is 0.416 e. The van der Waals surface area contributed by atoms with Gasteiger partial charge in [0.25, 0.3) is 0 Å². The SMILES string of the molecule is O=c1n(CC2=NN=C(Cc3ccccc3C(F)(F)F)C2)nc(-c2ccc(Cl)s2)n1Cc1ccccc1F. The van der Waals surface area contributed by atoms with E-state index in [1.807, 2.05) is 0 Å². The molecule has 12 heteroatoms.